The molecule has 20 heavy (non-hydrogen) atoms. The molecule has 1 aromatic heterocycles. The van der Waals surface area contributed by atoms with Crippen molar-refractivity contribution in [2.45, 2.75) is 43.8 Å². The van der Waals surface area contributed by atoms with Gasteiger partial charge in [-0.1, -0.05) is 6.92 Å². The van der Waals surface area contributed by atoms with Crippen LogP contribution in [0.2, 0.25) is 0 Å². The number of hydrogen-bond acceptors (Lipinski definition) is 3. The molecule has 2 aliphatic rings. The fraction of sp³-hybridized carbons (Fsp3) is 0.667. The van der Waals surface area contributed by atoms with Crippen LogP contribution >= 0.6 is 0 Å². The molecule has 1 saturated carbocycles. The Bertz CT molecular complexity index is 544. The third-order valence-electron chi connectivity index (χ3n) is 4.74. The maximum absolute atomic E-state index is 12.5. The Labute approximate surface area is 121 Å². The van der Waals surface area contributed by atoms with E-state index in [9.17, 15) is 8.42 Å². The molecule has 0 spiro atoms. The van der Waals surface area contributed by atoms with Gasteiger partial charge < -0.3 is 0 Å². The number of rotatable bonds is 3. The van der Waals surface area contributed by atoms with Gasteiger partial charge in [0, 0.05) is 25.5 Å². The number of hydrogen-bond donors (Lipinski definition) is 0. The van der Waals surface area contributed by atoms with Crippen LogP contribution in [-0.4, -0.2) is 36.0 Å². The molecule has 0 atom stereocenters. The van der Waals surface area contributed by atoms with Gasteiger partial charge in [0.2, 0.25) is 10.0 Å². The summed E-state index contributed by atoms with van der Waals surface area (Å²) < 4.78 is 26.7. The highest BCUT2D eigenvalue weighted by Gasteiger charge is 2.41. The first-order chi connectivity index (χ1) is 9.57. The van der Waals surface area contributed by atoms with Gasteiger partial charge in [0.25, 0.3) is 0 Å². The van der Waals surface area contributed by atoms with E-state index in [0.29, 0.717) is 24.9 Å². The predicted octanol–water partition coefficient (Wildman–Crippen LogP) is 2.39. The Morgan fingerprint density at radius 1 is 1.15 bits per heavy atom. The summed E-state index contributed by atoms with van der Waals surface area (Å²) in [6.07, 6.45) is 7.15. The minimum atomic E-state index is -3.04. The minimum Gasteiger partial charge on any atom is -0.265 e. The number of sulfonamides is 1. The first-order valence-corrected chi connectivity index (χ1v) is 8.96. The van der Waals surface area contributed by atoms with Crippen LogP contribution in [0.25, 0.3) is 0 Å². The Morgan fingerprint density at radius 2 is 1.75 bits per heavy atom. The maximum atomic E-state index is 12.5. The van der Waals surface area contributed by atoms with E-state index in [-0.39, 0.29) is 5.25 Å². The smallest absolute Gasteiger partial charge is 0.217 e. The van der Waals surface area contributed by atoms with Crippen molar-refractivity contribution in [3.05, 3.63) is 30.1 Å². The average molecular weight is 294 g/mol. The molecule has 1 aliphatic heterocycles. The number of aromatic nitrogens is 1. The zero-order valence-electron chi connectivity index (χ0n) is 11.9. The van der Waals surface area contributed by atoms with Gasteiger partial charge in [-0.15, -0.1) is 0 Å². The standard InChI is InChI=1S/C15H22N2O2S/c1-12-10-15(11-12)20(18,19)17-8-4-14(5-9-17)13-2-6-16-7-3-13/h2-3,6-7,12,14-15H,4-5,8-11H2,1H3. The van der Waals surface area contributed by atoms with Gasteiger partial charge >= 0.3 is 0 Å². The van der Waals surface area contributed by atoms with E-state index in [2.05, 4.69) is 11.9 Å². The predicted molar refractivity (Wildman–Crippen MR) is 78.9 cm³/mol. The van der Waals surface area contributed by atoms with E-state index in [1.807, 2.05) is 24.5 Å². The highest BCUT2D eigenvalue weighted by atomic mass is 32.2. The molecular formula is C15H22N2O2S. The Hall–Kier alpha value is -0.940. The van der Waals surface area contributed by atoms with Crippen LogP contribution in [-0.2, 0) is 10.0 Å². The second-order valence-electron chi connectivity index (χ2n) is 6.20. The minimum absolute atomic E-state index is 0.116. The first-order valence-electron chi connectivity index (χ1n) is 7.46. The summed E-state index contributed by atoms with van der Waals surface area (Å²) in [4.78, 5) is 4.04. The van der Waals surface area contributed by atoms with Gasteiger partial charge in [0.1, 0.15) is 0 Å². The van der Waals surface area contributed by atoms with Crippen molar-refractivity contribution in [3.63, 3.8) is 0 Å². The fourth-order valence-corrected chi connectivity index (χ4v) is 5.65. The van der Waals surface area contributed by atoms with Crippen LogP contribution < -0.4 is 0 Å². The Morgan fingerprint density at radius 3 is 2.30 bits per heavy atom. The zero-order valence-corrected chi connectivity index (χ0v) is 12.7. The van der Waals surface area contributed by atoms with Gasteiger partial charge in [-0.2, -0.15) is 0 Å². The molecule has 1 saturated heterocycles. The van der Waals surface area contributed by atoms with Gasteiger partial charge in [-0.05, 0) is 55.2 Å². The van der Waals surface area contributed by atoms with E-state index in [0.717, 1.165) is 25.7 Å². The molecule has 5 heteroatoms. The molecule has 1 aliphatic carbocycles. The molecule has 0 aromatic carbocycles. The summed E-state index contributed by atoms with van der Waals surface area (Å²) in [6.45, 7) is 3.46. The van der Waals surface area contributed by atoms with E-state index in [4.69, 9.17) is 0 Å². The van der Waals surface area contributed by atoms with Crippen molar-refractivity contribution in [3.8, 4) is 0 Å². The van der Waals surface area contributed by atoms with E-state index >= 15 is 0 Å². The van der Waals surface area contributed by atoms with Crippen molar-refractivity contribution in [2.75, 3.05) is 13.1 Å². The molecule has 2 heterocycles. The lowest BCUT2D eigenvalue weighted by molar-refractivity contribution is 0.287. The Kier molecular flexibility index (Phi) is 3.82. The van der Waals surface area contributed by atoms with Gasteiger partial charge in [-0.3, -0.25) is 4.98 Å². The lowest BCUT2D eigenvalue weighted by Gasteiger charge is -2.39. The van der Waals surface area contributed by atoms with Gasteiger partial charge in [0.05, 0.1) is 5.25 Å². The molecule has 0 N–H and O–H groups in total. The monoisotopic (exact) mass is 294 g/mol. The summed E-state index contributed by atoms with van der Waals surface area (Å²) in [5.74, 6) is 1.05. The second kappa shape index (κ2) is 5.45. The highest BCUT2D eigenvalue weighted by Crippen LogP contribution is 2.36. The SMILES string of the molecule is CC1CC(S(=O)(=O)N2CCC(c3ccncc3)CC2)C1. The third kappa shape index (κ3) is 2.61. The molecule has 2 fully saturated rings. The summed E-state index contributed by atoms with van der Waals surface area (Å²) in [5, 5.41) is -0.116. The normalized spacial score (nSPS) is 29.1. The first kappa shape index (κ1) is 14.0. The number of piperidine rings is 1. The average Bonchev–Trinajstić information content (AvgIpc) is 2.45. The van der Waals surface area contributed by atoms with Gasteiger partial charge in [-0.25, -0.2) is 12.7 Å². The molecule has 0 amide bonds. The van der Waals surface area contributed by atoms with Crippen LogP contribution in [0.5, 0.6) is 0 Å². The van der Waals surface area contributed by atoms with Crippen molar-refractivity contribution in [1.82, 2.24) is 9.29 Å². The summed E-state index contributed by atoms with van der Waals surface area (Å²) in [7, 11) is -3.04. The quantitative estimate of drug-likeness (QED) is 0.860. The molecule has 110 valence electrons. The lowest BCUT2D eigenvalue weighted by atomic mass is 9.87. The van der Waals surface area contributed by atoms with Crippen molar-refractivity contribution >= 4 is 10.0 Å². The summed E-state index contributed by atoms with van der Waals surface area (Å²) in [5.41, 5.74) is 1.29. The molecule has 4 nitrogen and oxygen atoms in total. The van der Waals surface area contributed by atoms with Crippen LogP contribution in [0.15, 0.2) is 24.5 Å². The largest absolute Gasteiger partial charge is 0.265 e. The molecule has 3 rings (SSSR count). The summed E-state index contributed by atoms with van der Waals surface area (Å²) >= 11 is 0. The van der Waals surface area contributed by atoms with Crippen LogP contribution in [0.3, 0.4) is 0 Å². The third-order valence-corrected chi connectivity index (χ3v) is 7.06. The van der Waals surface area contributed by atoms with Crippen molar-refractivity contribution in [1.29, 1.82) is 0 Å². The van der Waals surface area contributed by atoms with Crippen molar-refractivity contribution < 1.29 is 8.42 Å². The van der Waals surface area contributed by atoms with Gasteiger partial charge in [0.15, 0.2) is 0 Å². The second-order valence-corrected chi connectivity index (χ2v) is 8.41. The zero-order chi connectivity index (χ0) is 14.2. The van der Waals surface area contributed by atoms with E-state index in [1.54, 1.807) is 4.31 Å². The van der Waals surface area contributed by atoms with E-state index < -0.39 is 10.0 Å². The summed E-state index contributed by atoms with van der Waals surface area (Å²) in [6, 6.07) is 4.09. The van der Waals surface area contributed by atoms with Crippen LogP contribution in [0.4, 0.5) is 0 Å². The highest BCUT2D eigenvalue weighted by molar-refractivity contribution is 7.89. The van der Waals surface area contributed by atoms with E-state index in [1.165, 1.54) is 5.56 Å². The Balaban J connectivity index is 1.61. The molecule has 0 bridgehead atoms. The molecule has 1 aromatic rings. The fourth-order valence-electron chi connectivity index (χ4n) is 3.36. The molecule has 0 radical (unpaired) electrons. The number of pyridine rings is 1. The molecule has 0 unspecified atom stereocenters. The topological polar surface area (TPSA) is 50.3 Å². The lowest BCUT2D eigenvalue weighted by Crippen LogP contribution is -2.47. The number of nitrogens with zero attached hydrogens (tertiary/aromatic N) is 2. The van der Waals surface area contributed by atoms with Crippen LogP contribution in [0.1, 0.15) is 44.1 Å². The maximum Gasteiger partial charge on any atom is 0.217 e. The van der Waals surface area contributed by atoms with Crippen molar-refractivity contribution in [2.24, 2.45) is 5.92 Å². The molecular weight excluding hydrogens is 272 g/mol. The van der Waals surface area contributed by atoms with Crippen LogP contribution in [0, 0.1) is 5.92 Å².